The highest BCUT2D eigenvalue weighted by molar-refractivity contribution is 9.10. The Labute approximate surface area is 130 Å². The fourth-order valence-corrected chi connectivity index (χ4v) is 2.18. The largest absolute Gasteiger partial charge is 0.423 e. The van der Waals surface area contributed by atoms with E-state index in [-0.39, 0.29) is 0 Å². The van der Waals surface area contributed by atoms with Crippen LogP contribution in [0.2, 0.25) is 0 Å². The molecule has 0 amide bonds. The Morgan fingerprint density at radius 3 is 2.86 bits per heavy atom. The quantitative estimate of drug-likeness (QED) is 0.779. The third-order valence-corrected chi connectivity index (χ3v) is 3.56. The summed E-state index contributed by atoms with van der Waals surface area (Å²) in [5.41, 5.74) is 4.04. The lowest BCUT2D eigenvalue weighted by Gasteiger charge is -2.10. The van der Waals surface area contributed by atoms with Crippen molar-refractivity contribution in [3.05, 3.63) is 58.7 Å². The van der Waals surface area contributed by atoms with E-state index in [1.807, 2.05) is 30.3 Å². The van der Waals surface area contributed by atoms with Gasteiger partial charge >= 0.3 is 0 Å². The second-order valence-electron chi connectivity index (χ2n) is 4.59. The zero-order chi connectivity index (χ0) is 14.7. The number of aryl methyl sites for hydroxylation is 1. The lowest BCUT2D eigenvalue weighted by Crippen LogP contribution is -2.03. The van der Waals surface area contributed by atoms with Crippen LogP contribution in [0.1, 0.15) is 11.3 Å². The summed E-state index contributed by atoms with van der Waals surface area (Å²) in [4.78, 5) is 4.35. The Morgan fingerprint density at radius 2 is 2.14 bits per heavy atom. The van der Waals surface area contributed by atoms with Crippen LogP contribution in [0.25, 0.3) is 11.5 Å². The molecular formula is C15H13BrN4O. The van der Waals surface area contributed by atoms with E-state index in [9.17, 15) is 0 Å². The third-order valence-electron chi connectivity index (χ3n) is 3.09. The van der Waals surface area contributed by atoms with Gasteiger partial charge in [0.25, 0.3) is 0 Å². The molecule has 0 aliphatic carbocycles. The zero-order valence-corrected chi connectivity index (χ0v) is 13.0. The maximum absolute atomic E-state index is 5.22. The summed E-state index contributed by atoms with van der Waals surface area (Å²) >= 11 is 3.38. The van der Waals surface area contributed by atoms with E-state index in [4.69, 9.17) is 4.42 Å². The smallest absolute Gasteiger partial charge is 0.247 e. The Morgan fingerprint density at radius 1 is 1.24 bits per heavy atom. The molecule has 5 nitrogen and oxygen atoms in total. The van der Waals surface area contributed by atoms with E-state index in [0.717, 1.165) is 27.0 Å². The molecule has 0 radical (unpaired) electrons. The highest BCUT2D eigenvalue weighted by Crippen LogP contribution is 2.24. The molecule has 0 saturated heterocycles. The van der Waals surface area contributed by atoms with Gasteiger partial charge in [0.1, 0.15) is 0 Å². The first kappa shape index (κ1) is 13.8. The maximum Gasteiger partial charge on any atom is 0.247 e. The van der Waals surface area contributed by atoms with E-state index in [1.54, 1.807) is 6.20 Å². The number of pyridine rings is 1. The van der Waals surface area contributed by atoms with Crippen LogP contribution in [0.15, 0.2) is 51.8 Å². The fourth-order valence-electron chi connectivity index (χ4n) is 1.94. The first-order valence-corrected chi connectivity index (χ1v) is 7.23. The number of rotatable bonds is 4. The molecule has 1 N–H and O–H groups in total. The number of aromatic nitrogens is 3. The molecule has 0 spiro atoms. The van der Waals surface area contributed by atoms with Gasteiger partial charge in [-0.05, 0) is 52.7 Å². The van der Waals surface area contributed by atoms with Crippen LogP contribution in [-0.4, -0.2) is 15.2 Å². The van der Waals surface area contributed by atoms with Crippen molar-refractivity contribution in [3.63, 3.8) is 0 Å². The van der Waals surface area contributed by atoms with Crippen LogP contribution in [-0.2, 0) is 6.54 Å². The van der Waals surface area contributed by atoms with Crippen molar-refractivity contribution < 1.29 is 4.42 Å². The Kier molecular flexibility index (Phi) is 3.96. The van der Waals surface area contributed by atoms with Crippen molar-refractivity contribution in [1.29, 1.82) is 0 Å². The molecule has 0 bridgehead atoms. The van der Waals surface area contributed by atoms with Gasteiger partial charge in [-0.2, -0.15) is 0 Å². The first-order valence-electron chi connectivity index (χ1n) is 6.44. The van der Waals surface area contributed by atoms with Gasteiger partial charge in [0, 0.05) is 21.9 Å². The summed E-state index contributed by atoms with van der Waals surface area (Å²) in [5.74, 6) is 0.514. The molecule has 21 heavy (non-hydrogen) atoms. The van der Waals surface area contributed by atoms with Gasteiger partial charge in [-0.1, -0.05) is 6.07 Å². The van der Waals surface area contributed by atoms with Crippen molar-refractivity contribution in [2.24, 2.45) is 0 Å². The summed E-state index contributed by atoms with van der Waals surface area (Å²) in [7, 11) is 0. The minimum absolute atomic E-state index is 0.514. The molecule has 0 aliphatic rings. The summed E-state index contributed by atoms with van der Waals surface area (Å²) in [5, 5.41) is 11.0. The summed E-state index contributed by atoms with van der Waals surface area (Å²) < 4.78 is 6.20. The van der Waals surface area contributed by atoms with Gasteiger partial charge in [-0.25, -0.2) is 0 Å². The Balaban J connectivity index is 1.78. The molecule has 3 aromatic rings. The molecule has 0 unspecified atom stereocenters. The maximum atomic E-state index is 5.22. The molecule has 2 aromatic heterocycles. The average molecular weight is 345 g/mol. The van der Waals surface area contributed by atoms with Crippen molar-refractivity contribution in [1.82, 2.24) is 15.2 Å². The monoisotopic (exact) mass is 344 g/mol. The zero-order valence-electron chi connectivity index (χ0n) is 11.4. The van der Waals surface area contributed by atoms with E-state index in [2.05, 4.69) is 43.4 Å². The van der Waals surface area contributed by atoms with Crippen LogP contribution in [0, 0.1) is 6.92 Å². The van der Waals surface area contributed by atoms with Gasteiger partial charge < -0.3 is 9.73 Å². The van der Waals surface area contributed by atoms with Crippen molar-refractivity contribution >= 4 is 21.6 Å². The van der Waals surface area contributed by atoms with E-state index >= 15 is 0 Å². The predicted octanol–water partition coefficient (Wildman–Crippen LogP) is 3.81. The molecule has 0 aliphatic heterocycles. The van der Waals surface area contributed by atoms with Crippen molar-refractivity contribution in [2.75, 3.05) is 5.32 Å². The van der Waals surface area contributed by atoms with Crippen molar-refractivity contribution in [3.8, 4) is 11.5 Å². The summed E-state index contributed by atoms with van der Waals surface area (Å²) in [6.45, 7) is 2.70. The highest BCUT2D eigenvalue weighted by Gasteiger charge is 2.06. The van der Waals surface area contributed by atoms with E-state index < -0.39 is 0 Å². The minimum atomic E-state index is 0.514. The Bertz CT molecular complexity index is 726. The number of anilines is 1. The van der Waals surface area contributed by atoms with E-state index in [1.165, 1.54) is 6.39 Å². The van der Waals surface area contributed by atoms with Gasteiger partial charge in [-0.3, -0.25) is 4.98 Å². The van der Waals surface area contributed by atoms with Crippen LogP contribution in [0.3, 0.4) is 0 Å². The summed E-state index contributed by atoms with van der Waals surface area (Å²) in [6, 6.07) is 9.95. The number of hydrogen-bond acceptors (Lipinski definition) is 5. The highest BCUT2D eigenvalue weighted by atomic mass is 79.9. The standard InChI is InChI=1S/C15H13BrN4O/c1-10-2-3-11(15-20-19-9-21-15)6-14(10)18-8-13-5-4-12(16)7-17-13/h2-7,9,18H,8H2,1H3. The molecule has 6 heteroatoms. The van der Waals surface area contributed by atoms with Gasteiger partial charge in [-0.15, -0.1) is 10.2 Å². The number of hydrogen-bond donors (Lipinski definition) is 1. The third kappa shape index (κ3) is 3.28. The Hall–Kier alpha value is -2.21. The topological polar surface area (TPSA) is 63.8 Å². The fraction of sp³-hybridized carbons (Fsp3) is 0.133. The molecule has 0 atom stereocenters. The molecule has 1 aromatic carbocycles. The lowest BCUT2D eigenvalue weighted by molar-refractivity contribution is 0.568. The van der Waals surface area contributed by atoms with Crippen LogP contribution in [0.5, 0.6) is 0 Å². The van der Waals surface area contributed by atoms with E-state index in [0.29, 0.717) is 12.4 Å². The first-order chi connectivity index (χ1) is 10.2. The molecular weight excluding hydrogens is 332 g/mol. The molecule has 106 valence electrons. The van der Waals surface area contributed by atoms with Gasteiger partial charge in [0.2, 0.25) is 12.3 Å². The summed E-state index contributed by atoms with van der Waals surface area (Å²) in [6.07, 6.45) is 3.12. The van der Waals surface area contributed by atoms with Crippen LogP contribution >= 0.6 is 15.9 Å². The molecule has 0 saturated carbocycles. The van der Waals surface area contributed by atoms with Crippen LogP contribution in [0.4, 0.5) is 5.69 Å². The number of benzene rings is 1. The van der Waals surface area contributed by atoms with Crippen LogP contribution < -0.4 is 5.32 Å². The molecule has 3 rings (SSSR count). The number of nitrogens with one attached hydrogen (secondary N) is 1. The normalized spacial score (nSPS) is 10.6. The second kappa shape index (κ2) is 6.05. The average Bonchev–Trinajstić information content (AvgIpc) is 3.02. The molecule has 0 fully saturated rings. The second-order valence-corrected chi connectivity index (χ2v) is 5.51. The predicted molar refractivity (Wildman–Crippen MR) is 83.7 cm³/mol. The van der Waals surface area contributed by atoms with Crippen molar-refractivity contribution in [2.45, 2.75) is 13.5 Å². The minimum Gasteiger partial charge on any atom is -0.423 e. The van der Waals surface area contributed by atoms with Gasteiger partial charge in [0.15, 0.2) is 0 Å². The number of halogens is 1. The molecule has 2 heterocycles. The number of nitrogens with zero attached hydrogens (tertiary/aromatic N) is 3. The van der Waals surface area contributed by atoms with Gasteiger partial charge in [0.05, 0.1) is 12.2 Å². The lowest BCUT2D eigenvalue weighted by atomic mass is 10.1. The SMILES string of the molecule is Cc1ccc(-c2nnco2)cc1NCc1ccc(Br)cn1.